The van der Waals surface area contributed by atoms with E-state index < -0.39 is 0 Å². The van der Waals surface area contributed by atoms with Crippen molar-refractivity contribution in [2.45, 2.75) is 19.8 Å². The summed E-state index contributed by atoms with van der Waals surface area (Å²) in [4.78, 5) is 10.6. The number of benzene rings is 1. The molecule has 0 unspecified atom stereocenters. The molecule has 0 amide bonds. The lowest BCUT2D eigenvalue weighted by atomic mass is 10.1. The van der Waals surface area contributed by atoms with Gasteiger partial charge < -0.3 is 5.32 Å². The van der Waals surface area contributed by atoms with Gasteiger partial charge >= 0.3 is 0 Å². The number of rotatable bonds is 6. The maximum Gasteiger partial charge on any atom is 0.293 e. The minimum atomic E-state index is -0.356. The molecule has 0 spiro atoms. The van der Waals surface area contributed by atoms with Crippen LogP contribution < -0.4 is 5.32 Å². The van der Waals surface area contributed by atoms with Crippen LogP contribution in [0.25, 0.3) is 0 Å². The Hall–Kier alpha value is -1.64. The lowest BCUT2D eigenvalue weighted by Crippen LogP contribution is -2.05. The number of nitrogens with one attached hydrogen (secondary N) is 2. The molecule has 20 heavy (non-hydrogen) atoms. The Kier molecular flexibility index (Phi) is 4.94. The summed E-state index contributed by atoms with van der Waals surface area (Å²) in [6, 6.07) is 5.18. The Morgan fingerprint density at radius 2 is 2.30 bits per heavy atom. The van der Waals surface area contributed by atoms with Crippen molar-refractivity contribution in [2.75, 3.05) is 11.9 Å². The summed E-state index contributed by atoms with van der Waals surface area (Å²) in [5.41, 5.74) is 2.95. The molecule has 2 rings (SSSR count). The number of aryl methyl sites for hydroxylation is 2. The van der Waals surface area contributed by atoms with Crippen molar-refractivity contribution < 1.29 is 4.92 Å². The Bertz CT molecular complexity index is 612. The molecule has 6 nitrogen and oxygen atoms in total. The van der Waals surface area contributed by atoms with E-state index in [1.54, 1.807) is 12.1 Å². The fraction of sp³-hybridized carbons (Fsp3) is 0.308. The number of hydrogen-bond donors (Lipinski definition) is 2. The summed E-state index contributed by atoms with van der Waals surface area (Å²) < 4.78 is 0.855. The third-order valence-corrected chi connectivity index (χ3v) is 3.70. The quantitative estimate of drug-likeness (QED) is 0.346. The molecule has 0 aliphatic rings. The zero-order valence-electron chi connectivity index (χ0n) is 11.0. The first-order valence-corrected chi connectivity index (χ1v) is 7.32. The molecule has 1 aromatic heterocycles. The van der Waals surface area contributed by atoms with E-state index in [0.717, 1.165) is 22.1 Å². The Morgan fingerprint density at radius 3 is 2.95 bits per heavy atom. The van der Waals surface area contributed by atoms with Crippen molar-refractivity contribution in [1.29, 1.82) is 0 Å². The monoisotopic (exact) mass is 386 g/mol. The topological polar surface area (TPSA) is 83.8 Å². The summed E-state index contributed by atoms with van der Waals surface area (Å²) in [7, 11) is 0. The molecule has 1 aromatic carbocycles. The zero-order chi connectivity index (χ0) is 14.5. The second-order valence-corrected chi connectivity index (χ2v) is 5.71. The van der Waals surface area contributed by atoms with Gasteiger partial charge in [-0.15, -0.1) is 0 Å². The number of anilines is 1. The van der Waals surface area contributed by atoms with Crippen LogP contribution in [0.2, 0.25) is 0 Å². The fourth-order valence-electron chi connectivity index (χ4n) is 1.93. The van der Waals surface area contributed by atoms with Crippen molar-refractivity contribution in [3.05, 3.63) is 49.3 Å². The normalized spacial score (nSPS) is 10.5. The average molecular weight is 386 g/mol. The van der Waals surface area contributed by atoms with Crippen LogP contribution in [0.1, 0.15) is 17.7 Å². The minimum Gasteiger partial charge on any atom is -0.379 e. The number of halogens is 1. The molecule has 0 aliphatic heterocycles. The summed E-state index contributed by atoms with van der Waals surface area (Å²) in [6.07, 6.45) is 3.61. The van der Waals surface area contributed by atoms with Crippen molar-refractivity contribution in [1.82, 2.24) is 10.2 Å². The van der Waals surface area contributed by atoms with Crippen molar-refractivity contribution >= 4 is 34.0 Å². The zero-order valence-corrected chi connectivity index (χ0v) is 13.2. The van der Waals surface area contributed by atoms with Gasteiger partial charge in [-0.25, -0.2) is 0 Å². The van der Waals surface area contributed by atoms with Crippen LogP contribution in [0, 0.1) is 20.6 Å². The molecule has 0 saturated heterocycles. The van der Waals surface area contributed by atoms with Crippen molar-refractivity contribution in [3.63, 3.8) is 0 Å². The van der Waals surface area contributed by atoms with Gasteiger partial charge in [-0.05, 0) is 60.1 Å². The number of aromatic amines is 1. The third-order valence-electron chi connectivity index (χ3n) is 3.03. The van der Waals surface area contributed by atoms with Crippen LogP contribution in [-0.4, -0.2) is 21.7 Å². The van der Waals surface area contributed by atoms with E-state index >= 15 is 0 Å². The summed E-state index contributed by atoms with van der Waals surface area (Å²) >= 11 is 2.07. The smallest absolute Gasteiger partial charge is 0.293 e. The minimum absolute atomic E-state index is 0.122. The first-order chi connectivity index (χ1) is 9.58. The average Bonchev–Trinajstić information content (AvgIpc) is 2.81. The SMILES string of the molecule is Cc1[nH]ncc1CCCNc1ccc(I)cc1[N+](=O)[O-]. The highest BCUT2D eigenvalue weighted by Gasteiger charge is 2.13. The number of nitro groups is 1. The Morgan fingerprint density at radius 1 is 1.50 bits per heavy atom. The molecular formula is C13H15IN4O2. The van der Waals surface area contributed by atoms with Gasteiger partial charge in [0.25, 0.3) is 5.69 Å². The van der Waals surface area contributed by atoms with Gasteiger partial charge in [-0.1, -0.05) is 0 Å². The van der Waals surface area contributed by atoms with E-state index in [1.807, 2.05) is 19.2 Å². The predicted molar refractivity (Wildman–Crippen MR) is 85.9 cm³/mol. The molecule has 0 saturated carbocycles. The van der Waals surface area contributed by atoms with Gasteiger partial charge in [0.1, 0.15) is 5.69 Å². The van der Waals surface area contributed by atoms with E-state index in [0.29, 0.717) is 12.2 Å². The maximum absolute atomic E-state index is 11.0. The van der Waals surface area contributed by atoms with E-state index in [9.17, 15) is 10.1 Å². The lowest BCUT2D eigenvalue weighted by molar-refractivity contribution is -0.384. The second-order valence-electron chi connectivity index (χ2n) is 4.47. The van der Waals surface area contributed by atoms with Crippen LogP contribution >= 0.6 is 22.6 Å². The molecule has 2 N–H and O–H groups in total. The number of nitrogens with zero attached hydrogens (tertiary/aromatic N) is 2. The van der Waals surface area contributed by atoms with E-state index in [1.165, 1.54) is 5.56 Å². The first-order valence-electron chi connectivity index (χ1n) is 6.24. The third kappa shape index (κ3) is 3.69. The van der Waals surface area contributed by atoms with Crippen LogP contribution in [0.4, 0.5) is 11.4 Å². The highest BCUT2D eigenvalue weighted by Crippen LogP contribution is 2.26. The van der Waals surface area contributed by atoms with Crippen LogP contribution in [0.5, 0.6) is 0 Å². The van der Waals surface area contributed by atoms with Crippen molar-refractivity contribution in [3.8, 4) is 0 Å². The molecule has 7 heteroatoms. The largest absolute Gasteiger partial charge is 0.379 e. The predicted octanol–water partition coefficient (Wildman–Crippen LogP) is 3.28. The molecule has 1 heterocycles. The fourth-order valence-corrected chi connectivity index (χ4v) is 2.41. The number of aromatic nitrogens is 2. The summed E-state index contributed by atoms with van der Waals surface area (Å²) in [5, 5.41) is 21.0. The number of hydrogen-bond acceptors (Lipinski definition) is 4. The number of H-pyrrole nitrogens is 1. The van der Waals surface area contributed by atoms with Gasteiger partial charge in [0.2, 0.25) is 0 Å². The lowest BCUT2D eigenvalue weighted by Gasteiger charge is -2.07. The molecule has 0 radical (unpaired) electrons. The highest BCUT2D eigenvalue weighted by molar-refractivity contribution is 14.1. The van der Waals surface area contributed by atoms with Gasteiger partial charge in [-0.2, -0.15) is 5.10 Å². The Balaban J connectivity index is 1.91. The molecular weight excluding hydrogens is 371 g/mol. The van der Waals surface area contributed by atoms with Crippen LogP contribution in [0.15, 0.2) is 24.4 Å². The van der Waals surface area contributed by atoms with E-state index in [-0.39, 0.29) is 10.6 Å². The van der Waals surface area contributed by atoms with Crippen LogP contribution in [-0.2, 0) is 6.42 Å². The molecule has 0 bridgehead atoms. The van der Waals surface area contributed by atoms with Gasteiger partial charge in [0, 0.05) is 21.9 Å². The second kappa shape index (κ2) is 6.69. The molecule has 106 valence electrons. The van der Waals surface area contributed by atoms with E-state index in [4.69, 9.17) is 0 Å². The maximum atomic E-state index is 11.0. The molecule has 0 atom stereocenters. The molecule has 0 fully saturated rings. The van der Waals surface area contributed by atoms with Gasteiger partial charge in [-0.3, -0.25) is 15.2 Å². The van der Waals surface area contributed by atoms with E-state index in [2.05, 4.69) is 38.1 Å². The molecule has 2 aromatic rings. The highest BCUT2D eigenvalue weighted by atomic mass is 127. The standard InChI is InChI=1S/C13H15IN4O2/c1-9-10(8-16-17-9)3-2-6-15-12-5-4-11(14)7-13(12)18(19)20/h4-5,7-8,15H,2-3,6H2,1H3,(H,16,17). The Labute approximate surface area is 130 Å². The van der Waals surface area contributed by atoms with Gasteiger partial charge in [0.15, 0.2) is 0 Å². The molecule has 0 aliphatic carbocycles. The first kappa shape index (κ1) is 14.8. The summed E-state index contributed by atoms with van der Waals surface area (Å²) in [5.74, 6) is 0. The van der Waals surface area contributed by atoms with Gasteiger partial charge in [0.05, 0.1) is 11.1 Å². The van der Waals surface area contributed by atoms with Crippen molar-refractivity contribution in [2.24, 2.45) is 0 Å². The summed E-state index contributed by atoms with van der Waals surface area (Å²) in [6.45, 7) is 2.67. The van der Waals surface area contributed by atoms with Crippen LogP contribution in [0.3, 0.4) is 0 Å². The number of nitro benzene ring substituents is 1.